The largest absolute Gasteiger partial charge is 0.366 e. The van der Waals surface area contributed by atoms with Crippen molar-refractivity contribution in [2.24, 2.45) is 0 Å². The van der Waals surface area contributed by atoms with E-state index >= 15 is 0 Å². The van der Waals surface area contributed by atoms with Crippen molar-refractivity contribution in [3.63, 3.8) is 0 Å². The van der Waals surface area contributed by atoms with Crippen LogP contribution in [0.5, 0.6) is 0 Å². The smallest absolute Gasteiger partial charge is 0.249 e. The summed E-state index contributed by atoms with van der Waals surface area (Å²) in [7, 11) is 0. The molecule has 1 N–H and O–H groups in total. The Kier molecular flexibility index (Phi) is 4.33. The van der Waals surface area contributed by atoms with Gasteiger partial charge in [-0.1, -0.05) is 22.0 Å². The van der Waals surface area contributed by atoms with E-state index in [1.807, 2.05) is 21.8 Å². The number of carbonyl (C=O) groups excluding carboxylic acids is 1. The van der Waals surface area contributed by atoms with Gasteiger partial charge in [-0.15, -0.1) is 0 Å². The fourth-order valence-corrected chi connectivity index (χ4v) is 1.85. The van der Waals surface area contributed by atoms with E-state index in [4.69, 9.17) is 4.74 Å². The van der Waals surface area contributed by atoms with E-state index in [-0.39, 0.29) is 5.91 Å². The maximum atomic E-state index is 11.5. The lowest BCUT2D eigenvalue weighted by molar-refractivity contribution is -0.137. The summed E-state index contributed by atoms with van der Waals surface area (Å²) in [5.74, 6) is -0.0499. The lowest BCUT2D eigenvalue weighted by Crippen LogP contribution is -2.45. The fourth-order valence-electron chi connectivity index (χ4n) is 1.68. The van der Waals surface area contributed by atoms with E-state index in [2.05, 4.69) is 26.2 Å². The van der Waals surface area contributed by atoms with E-state index in [0.29, 0.717) is 19.6 Å². The molecule has 0 aliphatic carbocycles. The van der Waals surface area contributed by atoms with Gasteiger partial charge in [-0.25, -0.2) is 4.98 Å². The first-order chi connectivity index (χ1) is 8.29. The molecule has 5 nitrogen and oxygen atoms in total. The highest BCUT2D eigenvalue weighted by Gasteiger charge is 2.23. The molecular formula is C11H14BrN3O2. The van der Waals surface area contributed by atoms with E-state index in [9.17, 15) is 4.79 Å². The number of allylic oxidation sites excluding steroid dienone is 1. The van der Waals surface area contributed by atoms with Gasteiger partial charge >= 0.3 is 0 Å². The van der Waals surface area contributed by atoms with Crippen LogP contribution in [0.4, 0.5) is 0 Å². The Bertz CT molecular complexity index is 417. The minimum absolute atomic E-state index is 0.0499. The molecule has 1 saturated heterocycles. The van der Waals surface area contributed by atoms with Gasteiger partial charge in [0.05, 0.1) is 18.6 Å². The summed E-state index contributed by atoms with van der Waals surface area (Å²) in [6, 6.07) is 0. The zero-order valence-corrected chi connectivity index (χ0v) is 10.9. The zero-order valence-electron chi connectivity index (χ0n) is 9.30. The van der Waals surface area contributed by atoms with Crippen LogP contribution in [0.25, 0.3) is 0 Å². The first kappa shape index (κ1) is 12.3. The Hall–Kier alpha value is -1.14. The number of hydrogen-bond donors (Lipinski definition) is 1. The van der Waals surface area contributed by atoms with Gasteiger partial charge in [-0.3, -0.25) is 4.79 Å². The van der Waals surface area contributed by atoms with Gasteiger partial charge in [-0.05, 0) is 4.99 Å². The van der Waals surface area contributed by atoms with Crippen molar-refractivity contribution < 1.29 is 9.53 Å². The van der Waals surface area contributed by atoms with Crippen molar-refractivity contribution in [3.05, 3.63) is 29.3 Å². The number of hydrogen-bond acceptors (Lipinski definition) is 3. The van der Waals surface area contributed by atoms with Crippen LogP contribution in [0.1, 0.15) is 5.69 Å². The summed E-state index contributed by atoms with van der Waals surface area (Å²) < 4.78 is 7.35. The van der Waals surface area contributed by atoms with Crippen LogP contribution in [0, 0.1) is 0 Å². The van der Waals surface area contributed by atoms with E-state index < -0.39 is 6.10 Å². The van der Waals surface area contributed by atoms with E-state index in [1.54, 1.807) is 6.33 Å². The second-order valence-corrected chi connectivity index (χ2v) is 4.31. The average Bonchev–Trinajstić information content (AvgIpc) is 2.77. The topological polar surface area (TPSA) is 56.1 Å². The number of carbonyl (C=O) groups is 1. The van der Waals surface area contributed by atoms with Crippen LogP contribution >= 0.6 is 15.9 Å². The predicted molar refractivity (Wildman–Crippen MR) is 66.7 cm³/mol. The van der Waals surface area contributed by atoms with Crippen LogP contribution in [-0.2, 0) is 22.5 Å². The SMILES string of the molecule is O=C1NCCOC1Cc1cn(C/C=C/Br)cn1. The summed E-state index contributed by atoms with van der Waals surface area (Å²) >= 11 is 3.21. The van der Waals surface area contributed by atoms with Crippen molar-refractivity contribution >= 4 is 21.8 Å². The molecule has 1 aliphatic rings. The lowest BCUT2D eigenvalue weighted by Gasteiger charge is -2.21. The third kappa shape index (κ3) is 3.41. The number of ether oxygens (including phenoxy) is 1. The summed E-state index contributed by atoms with van der Waals surface area (Å²) in [4.78, 5) is 17.6. The van der Waals surface area contributed by atoms with Crippen molar-refractivity contribution in [3.8, 4) is 0 Å². The molecule has 1 amide bonds. The molecule has 2 rings (SSSR count). The Balaban J connectivity index is 1.93. The number of imidazole rings is 1. The molecule has 2 heterocycles. The minimum Gasteiger partial charge on any atom is -0.366 e. The van der Waals surface area contributed by atoms with Gasteiger partial charge in [0.1, 0.15) is 6.10 Å². The van der Waals surface area contributed by atoms with E-state index in [1.165, 1.54) is 0 Å². The maximum Gasteiger partial charge on any atom is 0.249 e. The van der Waals surface area contributed by atoms with Gasteiger partial charge in [0.15, 0.2) is 0 Å². The number of nitrogens with zero attached hydrogens (tertiary/aromatic N) is 2. The molecule has 1 aromatic rings. The summed E-state index contributed by atoms with van der Waals surface area (Å²) in [5, 5.41) is 2.78. The maximum absolute atomic E-state index is 11.5. The summed E-state index contributed by atoms with van der Waals surface area (Å²) in [6.07, 6.45) is 5.77. The van der Waals surface area contributed by atoms with Gasteiger partial charge < -0.3 is 14.6 Å². The van der Waals surface area contributed by atoms with Crippen molar-refractivity contribution in [2.75, 3.05) is 13.2 Å². The third-order valence-electron chi connectivity index (χ3n) is 2.50. The molecule has 1 atom stereocenters. The van der Waals surface area contributed by atoms with Gasteiger partial charge in [-0.2, -0.15) is 0 Å². The first-order valence-electron chi connectivity index (χ1n) is 5.45. The lowest BCUT2D eigenvalue weighted by atomic mass is 10.2. The first-order valence-corrected chi connectivity index (χ1v) is 6.36. The van der Waals surface area contributed by atoms with Gasteiger partial charge in [0.25, 0.3) is 0 Å². The normalized spacial score (nSPS) is 20.8. The molecular weight excluding hydrogens is 286 g/mol. The van der Waals surface area contributed by atoms with Crippen LogP contribution in [0.3, 0.4) is 0 Å². The molecule has 0 aromatic carbocycles. The molecule has 0 spiro atoms. The summed E-state index contributed by atoms with van der Waals surface area (Å²) in [6.45, 7) is 1.93. The Morgan fingerprint density at radius 1 is 1.71 bits per heavy atom. The monoisotopic (exact) mass is 299 g/mol. The van der Waals surface area contributed by atoms with Crippen LogP contribution in [0.2, 0.25) is 0 Å². The average molecular weight is 300 g/mol. The number of aromatic nitrogens is 2. The second kappa shape index (κ2) is 5.97. The molecule has 1 aromatic heterocycles. The third-order valence-corrected chi connectivity index (χ3v) is 2.87. The minimum atomic E-state index is -0.404. The van der Waals surface area contributed by atoms with Crippen LogP contribution in [-0.4, -0.2) is 34.7 Å². The van der Waals surface area contributed by atoms with Gasteiger partial charge in [0, 0.05) is 25.7 Å². The zero-order chi connectivity index (χ0) is 12.1. The Morgan fingerprint density at radius 3 is 3.35 bits per heavy atom. The predicted octanol–water partition coefficient (Wildman–Crippen LogP) is 0.849. The Labute approximate surface area is 108 Å². The molecule has 6 heteroatoms. The molecule has 1 fully saturated rings. The molecule has 92 valence electrons. The van der Waals surface area contributed by atoms with Crippen LogP contribution < -0.4 is 5.32 Å². The van der Waals surface area contributed by atoms with Gasteiger partial charge in [0.2, 0.25) is 5.91 Å². The molecule has 1 aliphatic heterocycles. The number of morpholine rings is 1. The van der Waals surface area contributed by atoms with Crippen molar-refractivity contribution in [2.45, 2.75) is 19.1 Å². The second-order valence-electron chi connectivity index (χ2n) is 3.78. The number of amides is 1. The van der Waals surface area contributed by atoms with E-state index in [0.717, 1.165) is 12.2 Å². The molecule has 1 unspecified atom stereocenters. The molecule has 0 saturated carbocycles. The van der Waals surface area contributed by atoms with Crippen molar-refractivity contribution in [1.29, 1.82) is 0 Å². The highest BCUT2D eigenvalue weighted by Crippen LogP contribution is 2.07. The molecule has 0 bridgehead atoms. The van der Waals surface area contributed by atoms with Crippen LogP contribution in [0.15, 0.2) is 23.6 Å². The number of rotatable bonds is 4. The molecule has 0 radical (unpaired) electrons. The quantitative estimate of drug-likeness (QED) is 0.897. The fraction of sp³-hybridized carbons (Fsp3) is 0.455. The number of halogens is 1. The highest BCUT2D eigenvalue weighted by molar-refractivity contribution is 9.11. The summed E-state index contributed by atoms with van der Waals surface area (Å²) in [5.41, 5.74) is 0.870. The highest BCUT2D eigenvalue weighted by atomic mass is 79.9. The number of nitrogens with one attached hydrogen (secondary N) is 1. The molecule has 17 heavy (non-hydrogen) atoms. The van der Waals surface area contributed by atoms with Crippen molar-refractivity contribution in [1.82, 2.24) is 14.9 Å². The standard InChI is InChI=1S/C11H14BrN3O2/c12-2-1-4-15-7-9(14-8-15)6-10-11(16)13-3-5-17-10/h1-2,7-8,10H,3-6H2,(H,13,16)/b2-1+. The Morgan fingerprint density at radius 2 is 2.59 bits per heavy atom.